The van der Waals surface area contributed by atoms with Crippen LogP contribution in [0.25, 0.3) is 10.8 Å². The lowest BCUT2D eigenvalue weighted by atomic mass is 10.1. The quantitative estimate of drug-likeness (QED) is 0.450. The van der Waals surface area contributed by atoms with Crippen LogP contribution in [0.4, 0.5) is 4.79 Å². The highest BCUT2D eigenvalue weighted by molar-refractivity contribution is 9.10. The molecule has 0 aliphatic carbocycles. The fourth-order valence-corrected chi connectivity index (χ4v) is 4.48. The zero-order chi connectivity index (χ0) is 28.2. The van der Waals surface area contributed by atoms with Gasteiger partial charge in [0.25, 0.3) is 0 Å². The number of hydrogen-bond donors (Lipinski definition) is 2. The minimum atomic E-state index is -1.22. The van der Waals surface area contributed by atoms with Gasteiger partial charge in [-0.05, 0) is 50.4 Å². The van der Waals surface area contributed by atoms with E-state index in [2.05, 4.69) is 32.8 Å². The minimum Gasteiger partial charge on any atom is -0.472 e. The summed E-state index contributed by atoms with van der Waals surface area (Å²) in [6.45, 7) is 8.33. The normalized spacial score (nSPS) is 18.0. The SMILES string of the molecule is C=CC(=O)N(C)C[C@H](NC(=O)OC(C)(C)C)C(=O)N1C[C@H](Oc2nccc3ccc(Br)cc23)C[C@H]1C(N)=O. The van der Waals surface area contributed by atoms with E-state index in [4.69, 9.17) is 15.2 Å². The van der Waals surface area contributed by atoms with Crippen molar-refractivity contribution in [3.8, 4) is 5.88 Å². The molecule has 11 nitrogen and oxygen atoms in total. The second-order valence-corrected chi connectivity index (χ2v) is 10.9. The summed E-state index contributed by atoms with van der Waals surface area (Å²) in [5, 5.41) is 4.19. The molecule has 1 fully saturated rings. The number of carbonyl (C=O) groups is 4. The van der Waals surface area contributed by atoms with Gasteiger partial charge in [-0.25, -0.2) is 9.78 Å². The van der Waals surface area contributed by atoms with Gasteiger partial charge < -0.3 is 30.3 Å². The second kappa shape index (κ2) is 11.8. The van der Waals surface area contributed by atoms with Gasteiger partial charge in [-0.1, -0.05) is 28.6 Å². The fraction of sp³-hybridized carbons (Fsp3) is 0.423. The Morgan fingerprint density at radius 2 is 2.03 bits per heavy atom. The smallest absolute Gasteiger partial charge is 0.408 e. The van der Waals surface area contributed by atoms with Gasteiger partial charge in [0.15, 0.2) is 0 Å². The van der Waals surface area contributed by atoms with Crippen LogP contribution in [0.15, 0.2) is 47.6 Å². The highest BCUT2D eigenvalue weighted by Gasteiger charge is 2.43. The Morgan fingerprint density at radius 1 is 1.32 bits per heavy atom. The number of pyridine rings is 1. The summed E-state index contributed by atoms with van der Waals surface area (Å²) in [7, 11) is 1.47. The zero-order valence-electron chi connectivity index (χ0n) is 21.8. The van der Waals surface area contributed by atoms with Gasteiger partial charge in [0.1, 0.15) is 23.8 Å². The van der Waals surface area contributed by atoms with Crippen LogP contribution in [0.3, 0.4) is 0 Å². The number of primary amides is 1. The lowest BCUT2D eigenvalue weighted by molar-refractivity contribution is -0.140. The van der Waals surface area contributed by atoms with E-state index in [-0.39, 0.29) is 19.5 Å². The Balaban J connectivity index is 1.85. The zero-order valence-corrected chi connectivity index (χ0v) is 23.4. The van der Waals surface area contributed by atoms with Gasteiger partial charge in [0.2, 0.25) is 23.6 Å². The Morgan fingerprint density at radius 3 is 2.66 bits per heavy atom. The number of aromatic nitrogens is 1. The number of ether oxygens (including phenoxy) is 2. The van der Waals surface area contributed by atoms with Crippen molar-refractivity contribution < 1.29 is 28.7 Å². The molecule has 3 rings (SSSR count). The number of carbonyl (C=O) groups excluding carboxylic acids is 4. The Labute approximate surface area is 229 Å². The first-order valence-corrected chi connectivity index (χ1v) is 12.8. The number of nitrogens with one attached hydrogen (secondary N) is 1. The predicted molar refractivity (Wildman–Crippen MR) is 144 cm³/mol. The summed E-state index contributed by atoms with van der Waals surface area (Å²) in [6.07, 6.45) is 1.40. The van der Waals surface area contributed by atoms with Gasteiger partial charge in [0, 0.05) is 29.5 Å². The third-order valence-electron chi connectivity index (χ3n) is 5.84. The number of nitrogens with two attached hydrogens (primary N) is 1. The molecule has 0 saturated carbocycles. The molecule has 1 aromatic heterocycles. The number of alkyl carbamates (subject to hydrolysis) is 1. The molecule has 3 atom stereocenters. The number of nitrogens with zero attached hydrogens (tertiary/aromatic N) is 3. The summed E-state index contributed by atoms with van der Waals surface area (Å²) in [5.74, 6) is -1.42. The average molecular weight is 590 g/mol. The number of hydrogen-bond acceptors (Lipinski definition) is 7. The van der Waals surface area contributed by atoms with E-state index in [9.17, 15) is 19.2 Å². The molecular formula is C26H32BrN5O6. The molecule has 1 aliphatic heterocycles. The van der Waals surface area contributed by atoms with Crippen LogP contribution in [0, 0.1) is 0 Å². The van der Waals surface area contributed by atoms with Gasteiger partial charge in [-0.15, -0.1) is 0 Å². The summed E-state index contributed by atoms with van der Waals surface area (Å²) >= 11 is 3.45. The lowest BCUT2D eigenvalue weighted by Crippen LogP contribution is -2.57. The van der Waals surface area contributed by atoms with Crippen molar-refractivity contribution in [2.75, 3.05) is 20.1 Å². The number of rotatable bonds is 8. The first-order chi connectivity index (χ1) is 17.8. The number of benzene rings is 1. The van der Waals surface area contributed by atoms with Gasteiger partial charge in [0.05, 0.1) is 13.1 Å². The van der Waals surface area contributed by atoms with E-state index in [0.717, 1.165) is 21.3 Å². The number of halogens is 1. The van der Waals surface area contributed by atoms with Crippen molar-refractivity contribution in [3.63, 3.8) is 0 Å². The third kappa shape index (κ3) is 7.21. The molecule has 2 heterocycles. The molecule has 38 heavy (non-hydrogen) atoms. The van der Waals surface area contributed by atoms with Gasteiger partial charge in [-0.3, -0.25) is 14.4 Å². The van der Waals surface area contributed by atoms with E-state index in [1.807, 2.05) is 24.3 Å². The molecule has 2 aromatic rings. The molecule has 1 aromatic carbocycles. The van der Waals surface area contributed by atoms with Crippen LogP contribution >= 0.6 is 15.9 Å². The molecule has 0 spiro atoms. The maximum atomic E-state index is 13.7. The predicted octanol–water partition coefficient (Wildman–Crippen LogP) is 2.37. The van der Waals surface area contributed by atoms with Crippen LogP contribution in [0.2, 0.25) is 0 Å². The number of amides is 4. The summed E-state index contributed by atoms with van der Waals surface area (Å²) < 4.78 is 12.3. The van der Waals surface area contributed by atoms with Crippen molar-refractivity contribution >= 4 is 50.5 Å². The maximum absolute atomic E-state index is 13.7. The van der Waals surface area contributed by atoms with Crippen LogP contribution in [0.5, 0.6) is 5.88 Å². The first-order valence-electron chi connectivity index (χ1n) is 12.0. The molecule has 4 amide bonds. The average Bonchev–Trinajstić information content (AvgIpc) is 3.26. The van der Waals surface area contributed by atoms with Crippen LogP contribution in [-0.2, 0) is 19.1 Å². The Kier molecular flexibility index (Phi) is 8.97. The summed E-state index contributed by atoms with van der Waals surface area (Å²) in [6, 6.07) is 5.33. The summed E-state index contributed by atoms with van der Waals surface area (Å²) in [5.41, 5.74) is 4.83. The lowest BCUT2D eigenvalue weighted by Gasteiger charge is -2.30. The minimum absolute atomic E-state index is 0.0180. The first kappa shape index (κ1) is 28.9. The highest BCUT2D eigenvalue weighted by atomic mass is 79.9. The van der Waals surface area contributed by atoms with E-state index >= 15 is 0 Å². The van der Waals surface area contributed by atoms with E-state index in [1.165, 1.54) is 16.8 Å². The molecule has 1 aliphatic rings. The monoisotopic (exact) mass is 589 g/mol. The van der Waals surface area contributed by atoms with Crippen molar-refractivity contribution in [2.45, 2.75) is 51.0 Å². The van der Waals surface area contributed by atoms with E-state index in [1.54, 1.807) is 27.0 Å². The van der Waals surface area contributed by atoms with Crippen molar-refractivity contribution in [1.82, 2.24) is 20.1 Å². The van der Waals surface area contributed by atoms with Gasteiger partial charge in [-0.2, -0.15) is 0 Å². The van der Waals surface area contributed by atoms with Gasteiger partial charge >= 0.3 is 6.09 Å². The molecule has 1 saturated heterocycles. The van der Waals surface area contributed by atoms with Crippen LogP contribution in [-0.4, -0.2) is 82.5 Å². The molecule has 3 N–H and O–H groups in total. The number of likely N-dealkylation sites (tertiary alicyclic amines) is 1. The molecular weight excluding hydrogens is 558 g/mol. The Bertz CT molecular complexity index is 1250. The number of likely N-dealkylation sites (N-methyl/N-ethyl adjacent to an activating group) is 1. The van der Waals surface area contributed by atoms with Crippen molar-refractivity contribution in [2.24, 2.45) is 5.73 Å². The van der Waals surface area contributed by atoms with Crippen molar-refractivity contribution in [1.29, 1.82) is 0 Å². The second-order valence-electron chi connectivity index (χ2n) is 9.99. The fourth-order valence-electron chi connectivity index (χ4n) is 4.12. The van der Waals surface area contributed by atoms with E-state index < -0.39 is 47.6 Å². The molecule has 0 radical (unpaired) electrons. The maximum Gasteiger partial charge on any atom is 0.408 e. The molecule has 0 unspecified atom stereocenters. The summed E-state index contributed by atoms with van der Waals surface area (Å²) in [4.78, 5) is 57.5. The third-order valence-corrected chi connectivity index (χ3v) is 6.33. The standard InChI is InChI=1S/C26H32BrN5O6/c1-6-21(33)31(5)14-19(30-25(36)38-26(2,3)4)24(35)32-13-17(12-20(32)22(28)34)37-23-18-11-16(27)8-7-15(18)9-10-29-23/h6-11,17,19-20H,1,12-14H2,2-5H3,(H2,28,34)(H,30,36)/t17-,19+,20+/m1/s1. The molecule has 0 bridgehead atoms. The molecule has 12 heteroatoms. The molecule has 204 valence electrons. The number of fused-ring (bicyclic) bond motifs is 1. The van der Waals surface area contributed by atoms with E-state index in [0.29, 0.717) is 5.88 Å². The van der Waals surface area contributed by atoms with Crippen LogP contribution in [0.1, 0.15) is 27.2 Å². The van der Waals surface area contributed by atoms with Crippen LogP contribution < -0.4 is 15.8 Å². The van der Waals surface area contributed by atoms with Crippen molar-refractivity contribution in [3.05, 3.63) is 47.6 Å². The topological polar surface area (TPSA) is 144 Å². The Hall–Kier alpha value is -3.67. The largest absolute Gasteiger partial charge is 0.472 e. The highest BCUT2D eigenvalue weighted by Crippen LogP contribution is 2.30.